The van der Waals surface area contributed by atoms with Crippen LogP contribution in [0.25, 0.3) is 22.3 Å². The molecular weight excluding hydrogens is 365 g/mol. The minimum Gasteiger partial charge on any atom is -0.376 e. The first kappa shape index (κ1) is 21.5. The normalized spacial score (nSPS) is 21.8. The SMILES string of the molecule is [B]C1([B])C(Cn2cc(-c3ncnc4c3ccn4CO)cn2)C([B])([B])C([B])([B])C1([B])[B]. The Hall–Kier alpha value is -1.69. The monoisotopic (exact) mass is 377 g/mol. The lowest BCUT2D eigenvalue weighted by atomic mass is 9.17. The smallest absolute Gasteiger partial charge is 0.145 e. The van der Waals surface area contributed by atoms with Crippen LogP contribution in [0.15, 0.2) is 31.0 Å². The standard InChI is InChI=1S/C16H11B8N5O/c17-13(18)10(14(19,20)16(23,24)15(13,21)22)5-29-4-8(3-27-29)11-9-1-2-28(7-30)12(9)26-6-25-11/h1-4,6,10,30H,5,7H2. The van der Waals surface area contributed by atoms with Gasteiger partial charge in [0.25, 0.3) is 0 Å². The number of nitrogens with zero attached hydrogens (tertiary/aromatic N) is 5. The van der Waals surface area contributed by atoms with Crippen molar-refractivity contribution < 1.29 is 5.11 Å². The average Bonchev–Trinajstić information content (AvgIpc) is 3.32. The quantitative estimate of drug-likeness (QED) is 0.575. The average molecular weight is 376 g/mol. The maximum Gasteiger partial charge on any atom is 0.145 e. The third-order valence-corrected chi connectivity index (χ3v) is 6.26. The Balaban J connectivity index is 1.70. The van der Waals surface area contributed by atoms with Crippen molar-refractivity contribution in [3.05, 3.63) is 31.0 Å². The van der Waals surface area contributed by atoms with Crippen LogP contribution in [-0.4, -0.2) is 92.2 Å². The van der Waals surface area contributed by atoms with E-state index < -0.39 is 26.8 Å². The molecule has 0 unspecified atom stereocenters. The highest BCUT2D eigenvalue weighted by molar-refractivity contribution is 6.68. The number of aliphatic hydroxyl groups excluding tert-OH is 1. The molecule has 0 amide bonds. The third kappa shape index (κ3) is 2.68. The summed E-state index contributed by atoms with van der Waals surface area (Å²) in [5.74, 6) is -0.913. The van der Waals surface area contributed by atoms with Gasteiger partial charge in [0.2, 0.25) is 0 Å². The van der Waals surface area contributed by atoms with Crippen LogP contribution in [-0.2, 0) is 13.3 Å². The van der Waals surface area contributed by atoms with E-state index in [2.05, 4.69) is 15.1 Å². The van der Waals surface area contributed by atoms with Gasteiger partial charge in [0.05, 0.1) is 74.7 Å². The van der Waals surface area contributed by atoms with Gasteiger partial charge < -0.3 is 9.67 Å². The Morgan fingerprint density at radius 1 is 0.967 bits per heavy atom. The van der Waals surface area contributed by atoms with Crippen molar-refractivity contribution in [3.8, 4) is 11.3 Å². The molecule has 0 saturated heterocycles. The van der Waals surface area contributed by atoms with Crippen LogP contribution < -0.4 is 0 Å². The molecule has 1 aliphatic rings. The minimum absolute atomic E-state index is 0.0537. The summed E-state index contributed by atoms with van der Waals surface area (Å²) in [6.45, 7) is -0.150. The Kier molecular flexibility index (Phi) is 4.78. The van der Waals surface area contributed by atoms with Crippen molar-refractivity contribution in [2.45, 2.75) is 34.1 Å². The lowest BCUT2D eigenvalue weighted by molar-refractivity contribution is 0.215. The summed E-state index contributed by atoms with van der Waals surface area (Å²) in [5, 5.41) is 7.04. The molecule has 30 heavy (non-hydrogen) atoms. The fourth-order valence-corrected chi connectivity index (χ4v) is 4.11. The van der Waals surface area contributed by atoms with Crippen LogP contribution in [0.4, 0.5) is 0 Å². The minimum atomic E-state index is -1.95. The molecule has 1 fully saturated rings. The molecule has 0 bridgehead atoms. The summed E-state index contributed by atoms with van der Waals surface area (Å²) >= 11 is 0. The number of aliphatic hydroxyl groups is 1. The van der Waals surface area contributed by atoms with Gasteiger partial charge in [-0.05, 0) is 12.0 Å². The zero-order valence-electron chi connectivity index (χ0n) is 16.2. The predicted molar refractivity (Wildman–Crippen MR) is 121 cm³/mol. The Labute approximate surface area is 185 Å². The van der Waals surface area contributed by atoms with E-state index in [0.29, 0.717) is 16.9 Å². The Bertz CT molecular complexity index is 1080. The highest BCUT2D eigenvalue weighted by Gasteiger charge is 2.63. The lowest BCUT2D eigenvalue weighted by Crippen LogP contribution is -2.39. The van der Waals surface area contributed by atoms with Crippen molar-refractivity contribution >= 4 is 73.8 Å². The summed E-state index contributed by atoms with van der Waals surface area (Å²) in [6.07, 6.45) is 6.44. The molecule has 6 nitrogen and oxygen atoms in total. The van der Waals surface area contributed by atoms with Crippen molar-refractivity contribution in [1.82, 2.24) is 24.3 Å². The molecule has 1 saturated carbocycles. The van der Waals surface area contributed by atoms with Gasteiger partial charge in [-0.3, -0.25) is 4.68 Å². The second kappa shape index (κ2) is 6.65. The molecule has 3 aromatic heterocycles. The Morgan fingerprint density at radius 3 is 2.20 bits per heavy atom. The first-order chi connectivity index (χ1) is 13.9. The predicted octanol–water partition coefficient (Wildman–Crippen LogP) is -1.31. The summed E-state index contributed by atoms with van der Waals surface area (Å²) in [6, 6.07) is 1.80. The van der Waals surface area contributed by atoms with Gasteiger partial charge in [-0.2, -0.15) is 5.10 Å². The molecule has 14 heteroatoms. The van der Waals surface area contributed by atoms with E-state index in [1.165, 1.54) is 11.0 Å². The van der Waals surface area contributed by atoms with E-state index in [1.54, 1.807) is 29.2 Å². The summed E-state index contributed by atoms with van der Waals surface area (Å²) in [4.78, 5) is 8.54. The number of rotatable bonds is 4. The second-order valence-electron chi connectivity index (χ2n) is 7.99. The zero-order valence-corrected chi connectivity index (χ0v) is 16.2. The zero-order chi connectivity index (χ0) is 22.1. The first-order valence-electron chi connectivity index (χ1n) is 9.10. The molecule has 16 radical (unpaired) electrons. The maximum absolute atomic E-state index is 9.43. The van der Waals surface area contributed by atoms with Crippen molar-refractivity contribution in [2.24, 2.45) is 5.92 Å². The topological polar surface area (TPSA) is 68.8 Å². The van der Waals surface area contributed by atoms with E-state index in [-0.39, 0.29) is 13.3 Å². The van der Waals surface area contributed by atoms with Crippen LogP contribution in [0.1, 0.15) is 0 Å². The van der Waals surface area contributed by atoms with Gasteiger partial charge in [0, 0.05) is 29.9 Å². The van der Waals surface area contributed by atoms with E-state index in [9.17, 15) is 5.11 Å². The van der Waals surface area contributed by atoms with Gasteiger partial charge in [-0.15, -0.1) is 20.9 Å². The van der Waals surface area contributed by atoms with Gasteiger partial charge in [0.15, 0.2) is 0 Å². The van der Waals surface area contributed by atoms with Gasteiger partial charge in [-0.25, -0.2) is 9.97 Å². The molecule has 0 aliphatic heterocycles. The van der Waals surface area contributed by atoms with Crippen LogP contribution in [0, 0.1) is 5.92 Å². The lowest BCUT2D eigenvalue weighted by Gasteiger charge is -2.51. The molecule has 3 heterocycles. The van der Waals surface area contributed by atoms with Crippen LogP contribution in [0.5, 0.6) is 0 Å². The van der Waals surface area contributed by atoms with Crippen LogP contribution in [0.3, 0.4) is 0 Å². The molecule has 1 N–H and O–H groups in total. The van der Waals surface area contributed by atoms with Gasteiger partial charge in [0.1, 0.15) is 18.7 Å². The molecule has 0 spiro atoms. The fourth-order valence-electron chi connectivity index (χ4n) is 4.11. The summed E-state index contributed by atoms with van der Waals surface area (Å²) in [5.41, 5.74) is 1.90. The highest BCUT2D eigenvalue weighted by Crippen LogP contribution is 2.78. The third-order valence-electron chi connectivity index (χ3n) is 6.26. The highest BCUT2D eigenvalue weighted by atomic mass is 16.3. The van der Waals surface area contributed by atoms with Crippen molar-refractivity contribution in [2.75, 3.05) is 0 Å². The van der Waals surface area contributed by atoms with E-state index in [0.717, 1.165) is 5.39 Å². The second-order valence-corrected chi connectivity index (χ2v) is 7.99. The van der Waals surface area contributed by atoms with E-state index >= 15 is 0 Å². The van der Waals surface area contributed by atoms with Crippen molar-refractivity contribution in [1.29, 1.82) is 0 Å². The van der Waals surface area contributed by atoms with E-state index in [4.69, 9.17) is 62.8 Å². The number of aromatic nitrogens is 5. The molecule has 0 aromatic carbocycles. The molecule has 0 atom stereocenters. The fraction of sp³-hybridized carbons (Fsp3) is 0.438. The number of fused-ring (bicyclic) bond motifs is 1. The van der Waals surface area contributed by atoms with Gasteiger partial charge >= 0.3 is 0 Å². The molecular formula is C16H11B8N5O. The molecule has 4 rings (SSSR count). The first-order valence-corrected chi connectivity index (χ1v) is 9.10. The van der Waals surface area contributed by atoms with Crippen molar-refractivity contribution in [3.63, 3.8) is 0 Å². The van der Waals surface area contributed by atoms with Crippen LogP contribution >= 0.6 is 0 Å². The number of hydrogen-bond donors (Lipinski definition) is 1. The summed E-state index contributed by atoms with van der Waals surface area (Å²) < 4.78 is 3.12. The molecule has 3 aromatic rings. The molecule has 130 valence electrons. The summed E-state index contributed by atoms with van der Waals surface area (Å²) in [7, 11) is 49.2. The number of hydrogen-bond acceptors (Lipinski definition) is 4. The van der Waals surface area contributed by atoms with Gasteiger partial charge in [-0.1, -0.05) is 0 Å². The van der Waals surface area contributed by atoms with Crippen LogP contribution in [0.2, 0.25) is 20.9 Å². The Morgan fingerprint density at radius 2 is 1.60 bits per heavy atom. The largest absolute Gasteiger partial charge is 0.376 e. The molecule has 1 aliphatic carbocycles. The maximum atomic E-state index is 9.43. The van der Waals surface area contributed by atoms with E-state index in [1.807, 2.05) is 0 Å².